The lowest BCUT2D eigenvalue weighted by molar-refractivity contribution is -0.138. The number of tetrazole rings is 1. The highest BCUT2D eigenvalue weighted by Crippen LogP contribution is 2.30. The monoisotopic (exact) mass is 315 g/mol. The normalized spacial score (nSPS) is 11.4. The molecule has 1 heterocycles. The van der Waals surface area contributed by atoms with Gasteiger partial charge in [-0.05, 0) is 34.3 Å². The van der Waals surface area contributed by atoms with Gasteiger partial charge < -0.3 is 5.11 Å². The van der Waals surface area contributed by atoms with Gasteiger partial charge in [0.1, 0.15) is 6.54 Å². The van der Waals surface area contributed by atoms with E-state index in [0.29, 0.717) is 4.90 Å². The lowest BCUT2D eigenvalue weighted by Gasteiger charge is -2.06. The molecule has 0 spiro atoms. The molecule has 0 aliphatic heterocycles. The van der Waals surface area contributed by atoms with Gasteiger partial charge in [0.15, 0.2) is 0 Å². The van der Waals surface area contributed by atoms with Crippen LogP contribution in [0.25, 0.3) is 0 Å². The summed E-state index contributed by atoms with van der Waals surface area (Å²) in [5, 5.41) is 24.5. The molecule has 0 saturated heterocycles. The van der Waals surface area contributed by atoms with Gasteiger partial charge in [0, 0.05) is 4.90 Å². The van der Waals surface area contributed by atoms with E-state index < -0.39 is 22.5 Å². The van der Waals surface area contributed by atoms with E-state index in [9.17, 15) is 13.2 Å². The number of nitrogens with two attached hydrogens (primary N) is 1. The molecule has 0 fully saturated rings. The molecule has 0 aliphatic rings. The average molecular weight is 315 g/mol. The van der Waals surface area contributed by atoms with Crippen LogP contribution in [-0.2, 0) is 21.4 Å². The molecule has 20 heavy (non-hydrogen) atoms. The lowest BCUT2D eigenvalue weighted by atomic mass is 10.4. The fourth-order valence-corrected chi connectivity index (χ4v) is 3.25. The second kappa shape index (κ2) is 5.56. The third kappa shape index (κ3) is 3.31. The molecule has 0 unspecified atom stereocenters. The molecular weight excluding hydrogens is 306 g/mol. The summed E-state index contributed by atoms with van der Waals surface area (Å²) in [6.07, 6.45) is 0. The van der Waals surface area contributed by atoms with Crippen LogP contribution < -0.4 is 5.14 Å². The van der Waals surface area contributed by atoms with Crippen LogP contribution in [0.5, 0.6) is 0 Å². The predicted molar refractivity (Wildman–Crippen MR) is 67.4 cm³/mol. The Hall–Kier alpha value is -1.98. The zero-order valence-electron chi connectivity index (χ0n) is 9.87. The van der Waals surface area contributed by atoms with Crippen LogP contribution in [0, 0.1) is 0 Å². The number of aromatic nitrogens is 4. The molecule has 0 aliphatic carbocycles. The second-order valence-electron chi connectivity index (χ2n) is 3.61. The Labute approximate surface area is 117 Å². The molecule has 106 valence electrons. The number of hydrogen-bond donors (Lipinski definition) is 2. The van der Waals surface area contributed by atoms with Crippen molar-refractivity contribution in [3.63, 3.8) is 0 Å². The van der Waals surface area contributed by atoms with Gasteiger partial charge in [-0.2, -0.15) is 0 Å². The van der Waals surface area contributed by atoms with Crippen LogP contribution in [0.2, 0.25) is 0 Å². The molecule has 0 radical (unpaired) electrons. The fraction of sp³-hybridized carbons (Fsp3) is 0.111. The Bertz CT molecular complexity index is 742. The summed E-state index contributed by atoms with van der Waals surface area (Å²) in [6.45, 7) is -0.424. The number of rotatable bonds is 5. The predicted octanol–water partition coefficient (Wildman–Crippen LogP) is -0.444. The topological polar surface area (TPSA) is 141 Å². The molecule has 2 rings (SSSR count). The minimum absolute atomic E-state index is 0.0742. The zero-order chi connectivity index (χ0) is 14.8. The Morgan fingerprint density at radius 3 is 2.75 bits per heavy atom. The quantitative estimate of drug-likeness (QED) is 0.756. The Morgan fingerprint density at radius 2 is 2.10 bits per heavy atom. The van der Waals surface area contributed by atoms with Crippen LogP contribution in [0.1, 0.15) is 0 Å². The SMILES string of the molecule is NS(=O)(=O)c1ccccc1Sc1nnnn1CC(=O)O. The molecule has 3 N–H and O–H groups in total. The maximum Gasteiger partial charge on any atom is 0.325 e. The molecule has 0 amide bonds. The van der Waals surface area contributed by atoms with E-state index in [0.717, 1.165) is 16.4 Å². The van der Waals surface area contributed by atoms with Gasteiger partial charge in [-0.25, -0.2) is 18.2 Å². The summed E-state index contributed by atoms with van der Waals surface area (Å²) in [4.78, 5) is 10.9. The van der Waals surface area contributed by atoms with Crippen molar-refractivity contribution >= 4 is 27.8 Å². The number of nitrogens with zero attached hydrogens (tertiary/aromatic N) is 4. The van der Waals surface area contributed by atoms with Crippen LogP contribution in [0.3, 0.4) is 0 Å². The summed E-state index contributed by atoms with van der Waals surface area (Å²) < 4.78 is 24.0. The van der Waals surface area contributed by atoms with Crippen LogP contribution in [-0.4, -0.2) is 39.7 Å². The minimum atomic E-state index is -3.89. The third-order valence-electron chi connectivity index (χ3n) is 2.14. The highest BCUT2D eigenvalue weighted by molar-refractivity contribution is 8.00. The first kappa shape index (κ1) is 14.4. The van der Waals surface area contributed by atoms with Crippen molar-refractivity contribution < 1.29 is 18.3 Å². The van der Waals surface area contributed by atoms with Gasteiger partial charge in [-0.1, -0.05) is 12.1 Å². The number of carboxylic acids is 1. The Morgan fingerprint density at radius 1 is 1.40 bits per heavy atom. The summed E-state index contributed by atoms with van der Waals surface area (Å²) >= 11 is 0.921. The number of primary sulfonamides is 1. The zero-order valence-corrected chi connectivity index (χ0v) is 11.5. The van der Waals surface area contributed by atoms with Crippen molar-refractivity contribution in [2.45, 2.75) is 21.5 Å². The van der Waals surface area contributed by atoms with E-state index in [1.54, 1.807) is 6.07 Å². The summed E-state index contributed by atoms with van der Waals surface area (Å²) in [5.74, 6) is -1.11. The number of benzene rings is 1. The molecule has 2 aromatic rings. The van der Waals surface area contributed by atoms with Crippen molar-refractivity contribution in [2.24, 2.45) is 5.14 Å². The van der Waals surface area contributed by atoms with Gasteiger partial charge in [-0.3, -0.25) is 4.79 Å². The van der Waals surface area contributed by atoms with Gasteiger partial charge >= 0.3 is 5.97 Å². The molecule has 1 aromatic carbocycles. The molecule has 0 atom stereocenters. The average Bonchev–Trinajstić information content (AvgIpc) is 2.75. The number of sulfonamides is 1. The first-order valence-electron chi connectivity index (χ1n) is 5.15. The van der Waals surface area contributed by atoms with E-state index in [1.165, 1.54) is 18.2 Å². The standard InChI is InChI=1S/C9H9N5O4S2/c10-20(17,18)7-4-2-1-3-6(7)19-9-11-12-13-14(9)5-8(15)16/h1-4H,5H2,(H,15,16)(H2,10,17,18). The van der Waals surface area contributed by atoms with Crippen LogP contribution in [0.15, 0.2) is 39.2 Å². The van der Waals surface area contributed by atoms with Gasteiger partial charge in [0.05, 0.1) is 4.90 Å². The van der Waals surface area contributed by atoms with E-state index in [-0.39, 0.29) is 10.1 Å². The van der Waals surface area contributed by atoms with Crippen molar-refractivity contribution in [1.82, 2.24) is 20.2 Å². The molecule has 9 nitrogen and oxygen atoms in total. The molecule has 0 saturated carbocycles. The molecule has 11 heteroatoms. The maximum absolute atomic E-state index is 11.5. The number of carboxylic acid groups (broad SMARTS) is 1. The lowest BCUT2D eigenvalue weighted by Crippen LogP contribution is -2.14. The largest absolute Gasteiger partial charge is 0.480 e. The third-order valence-corrected chi connectivity index (χ3v) is 4.29. The summed E-state index contributed by atoms with van der Waals surface area (Å²) in [5.41, 5.74) is 0. The summed E-state index contributed by atoms with van der Waals surface area (Å²) in [6, 6.07) is 6.04. The van der Waals surface area contributed by atoms with Gasteiger partial charge in [-0.15, -0.1) is 5.10 Å². The number of aliphatic carboxylic acids is 1. The fourth-order valence-electron chi connectivity index (χ4n) is 1.36. The maximum atomic E-state index is 11.5. The second-order valence-corrected chi connectivity index (χ2v) is 6.15. The molecule has 1 aromatic heterocycles. The Kier molecular flexibility index (Phi) is 4.01. The van der Waals surface area contributed by atoms with Crippen molar-refractivity contribution in [1.29, 1.82) is 0 Å². The molecule has 0 bridgehead atoms. The van der Waals surface area contributed by atoms with Crippen molar-refractivity contribution in [3.8, 4) is 0 Å². The van der Waals surface area contributed by atoms with E-state index in [2.05, 4.69) is 15.5 Å². The van der Waals surface area contributed by atoms with E-state index >= 15 is 0 Å². The van der Waals surface area contributed by atoms with Crippen LogP contribution in [0.4, 0.5) is 0 Å². The van der Waals surface area contributed by atoms with E-state index in [1.807, 2.05) is 0 Å². The van der Waals surface area contributed by atoms with Crippen LogP contribution >= 0.6 is 11.8 Å². The highest BCUT2D eigenvalue weighted by Gasteiger charge is 2.17. The first-order valence-corrected chi connectivity index (χ1v) is 7.52. The number of carbonyl (C=O) groups is 1. The summed E-state index contributed by atoms with van der Waals surface area (Å²) in [7, 11) is -3.89. The number of hydrogen-bond acceptors (Lipinski definition) is 7. The Balaban J connectivity index is 2.37. The highest BCUT2D eigenvalue weighted by atomic mass is 32.2. The van der Waals surface area contributed by atoms with Gasteiger partial charge in [0.25, 0.3) is 0 Å². The van der Waals surface area contributed by atoms with Crippen molar-refractivity contribution in [3.05, 3.63) is 24.3 Å². The molecular formula is C9H9N5O4S2. The van der Waals surface area contributed by atoms with Gasteiger partial charge in [0.2, 0.25) is 15.2 Å². The first-order chi connectivity index (χ1) is 9.38. The van der Waals surface area contributed by atoms with E-state index in [4.69, 9.17) is 10.2 Å². The van der Waals surface area contributed by atoms with Crippen molar-refractivity contribution in [2.75, 3.05) is 0 Å². The minimum Gasteiger partial charge on any atom is -0.480 e. The smallest absolute Gasteiger partial charge is 0.325 e.